The van der Waals surface area contributed by atoms with Crippen LogP contribution < -0.4 is 19.5 Å². The molecule has 1 fully saturated rings. The third-order valence-electron chi connectivity index (χ3n) is 8.36. The number of hydrogen-bond acceptors (Lipinski definition) is 8. The van der Waals surface area contributed by atoms with E-state index in [1.165, 1.54) is 7.11 Å². The second-order valence-corrected chi connectivity index (χ2v) is 11.7. The summed E-state index contributed by atoms with van der Waals surface area (Å²) in [6, 6.07) is 9.16. The number of dihydropyridines is 1. The summed E-state index contributed by atoms with van der Waals surface area (Å²) in [7, 11) is 4.65. The van der Waals surface area contributed by atoms with Gasteiger partial charge in [-0.1, -0.05) is 12.5 Å². The number of allylic oxidation sites excluding steroid dienone is 3. The molecule has 0 spiro atoms. The second-order valence-electron chi connectivity index (χ2n) is 10.9. The third kappa shape index (κ3) is 5.69. The van der Waals surface area contributed by atoms with Gasteiger partial charge in [0.25, 0.3) is 0 Å². The molecule has 0 amide bonds. The van der Waals surface area contributed by atoms with E-state index in [4.69, 9.17) is 18.9 Å². The molecule has 218 valence electrons. The average Bonchev–Trinajstić information content (AvgIpc) is 2.97. The van der Waals surface area contributed by atoms with Gasteiger partial charge in [0.05, 0.1) is 31.4 Å². The van der Waals surface area contributed by atoms with Crippen molar-refractivity contribution in [3.63, 3.8) is 0 Å². The quantitative estimate of drug-likeness (QED) is 0.340. The third-order valence-corrected chi connectivity index (χ3v) is 8.96. The molecule has 1 saturated carbocycles. The Morgan fingerprint density at radius 1 is 0.927 bits per heavy atom. The van der Waals surface area contributed by atoms with Crippen LogP contribution in [0.25, 0.3) is 0 Å². The largest absolute Gasteiger partial charge is 0.503 e. The van der Waals surface area contributed by atoms with Crippen molar-refractivity contribution >= 4 is 27.7 Å². The summed E-state index contributed by atoms with van der Waals surface area (Å²) in [6.07, 6.45) is 5.61. The topological polar surface area (TPSA) is 103 Å². The summed E-state index contributed by atoms with van der Waals surface area (Å²) < 4.78 is 22.8. The van der Waals surface area contributed by atoms with Crippen LogP contribution in [0.4, 0.5) is 0 Å². The van der Waals surface area contributed by atoms with E-state index >= 15 is 0 Å². The van der Waals surface area contributed by atoms with E-state index in [2.05, 4.69) is 21.2 Å². The van der Waals surface area contributed by atoms with Crippen molar-refractivity contribution in [2.75, 3.05) is 21.3 Å². The van der Waals surface area contributed by atoms with Gasteiger partial charge in [0.15, 0.2) is 28.8 Å². The van der Waals surface area contributed by atoms with Crippen molar-refractivity contribution < 1.29 is 33.6 Å². The van der Waals surface area contributed by atoms with Gasteiger partial charge in [0, 0.05) is 29.3 Å². The minimum atomic E-state index is -0.674. The Kier molecular flexibility index (Phi) is 8.63. The summed E-state index contributed by atoms with van der Waals surface area (Å²) in [5, 5.41) is 13.9. The van der Waals surface area contributed by atoms with Gasteiger partial charge in [-0.05, 0) is 96.3 Å². The first-order valence-corrected chi connectivity index (χ1v) is 14.8. The molecule has 2 aromatic rings. The van der Waals surface area contributed by atoms with Gasteiger partial charge in [-0.25, -0.2) is 4.79 Å². The van der Waals surface area contributed by atoms with Gasteiger partial charge < -0.3 is 29.4 Å². The summed E-state index contributed by atoms with van der Waals surface area (Å²) >= 11 is 3.42. The van der Waals surface area contributed by atoms with E-state index < -0.39 is 11.9 Å². The number of ketones is 1. The van der Waals surface area contributed by atoms with Crippen molar-refractivity contribution in [1.29, 1.82) is 0 Å². The molecule has 1 aliphatic heterocycles. The standard InChI is InChI=1S/C32H36BrNO7/c1-17-28(32(37)41-21-8-6-5-7-9-21)29(20-12-22(33)31(36)27(16-20)40-4)30-23(34-17)13-19(14-24(30)35)18-10-11-25(38-2)26(15-18)39-3/h10-12,15-16,19,21,29,34,36H,5-9,13-14H2,1-4H3/t19-,29-/m1/s1. The van der Waals surface area contributed by atoms with Crippen molar-refractivity contribution in [1.82, 2.24) is 5.32 Å². The number of carbonyl (C=O) groups is 2. The number of aromatic hydroxyl groups is 1. The predicted octanol–water partition coefficient (Wildman–Crippen LogP) is 6.42. The highest BCUT2D eigenvalue weighted by Gasteiger charge is 2.42. The monoisotopic (exact) mass is 625 g/mol. The molecule has 5 rings (SSSR count). The van der Waals surface area contributed by atoms with E-state index in [9.17, 15) is 14.7 Å². The second kappa shape index (κ2) is 12.2. The minimum Gasteiger partial charge on any atom is -0.503 e. The molecule has 0 aromatic heterocycles. The average molecular weight is 627 g/mol. The van der Waals surface area contributed by atoms with Crippen LogP contribution in [0.1, 0.15) is 74.8 Å². The number of halogens is 1. The fourth-order valence-electron chi connectivity index (χ4n) is 6.30. The first-order chi connectivity index (χ1) is 19.7. The Bertz CT molecular complexity index is 1420. The summed E-state index contributed by atoms with van der Waals surface area (Å²) in [4.78, 5) is 27.8. The van der Waals surface area contributed by atoms with Crippen LogP contribution in [0.5, 0.6) is 23.0 Å². The smallest absolute Gasteiger partial charge is 0.337 e. The van der Waals surface area contributed by atoms with Gasteiger partial charge in [-0.2, -0.15) is 0 Å². The maximum absolute atomic E-state index is 14.0. The van der Waals surface area contributed by atoms with E-state index in [0.29, 0.717) is 44.8 Å². The number of benzene rings is 2. The molecule has 2 N–H and O–H groups in total. The fourth-order valence-corrected chi connectivity index (χ4v) is 6.76. The van der Waals surface area contributed by atoms with Gasteiger partial charge in [-0.15, -0.1) is 0 Å². The lowest BCUT2D eigenvalue weighted by Crippen LogP contribution is -2.37. The Morgan fingerprint density at radius 2 is 1.61 bits per heavy atom. The SMILES string of the molecule is COc1ccc([C@H]2CC(=O)C3=C(C2)NC(C)=C(C(=O)OC2CCCCC2)[C@H]3c2cc(Br)c(O)c(OC)c2)cc1OC. The van der Waals surface area contributed by atoms with Gasteiger partial charge >= 0.3 is 5.97 Å². The number of Topliss-reactive ketones (excluding diaryl/α,β-unsaturated/α-hetero) is 1. The molecule has 9 heteroatoms. The first kappa shape index (κ1) is 29.0. The van der Waals surface area contributed by atoms with Crippen molar-refractivity contribution in [2.45, 2.75) is 69.8 Å². The highest BCUT2D eigenvalue weighted by atomic mass is 79.9. The van der Waals surface area contributed by atoms with Crippen LogP contribution in [0.2, 0.25) is 0 Å². The molecule has 41 heavy (non-hydrogen) atoms. The molecule has 2 aliphatic carbocycles. The zero-order valence-electron chi connectivity index (χ0n) is 23.8. The molecule has 0 radical (unpaired) electrons. The lowest BCUT2D eigenvalue weighted by molar-refractivity contribution is -0.146. The van der Waals surface area contributed by atoms with E-state index in [1.807, 2.05) is 25.1 Å². The molecule has 3 aliphatic rings. The molecule has 2 aromatic carbocycles. The zero-order valence-corrected chi connectivity index (χ0v) is 25.4. The normalized spacial score (nSPS) is 21.2. The number of esters is 1. The molecule has 8 nitrogen and oxygen atoms in total. The van der Waals surface area contributed by atoms with Gasteiger partial charge in [0.1, 0.15) is 6.10 Å². The number of ether oxygens (including phenoxy) is 4. The van der Waals surface area contributed by atoms with Crippen LogP contribution in [0.15, 0.2) is 57.3 Å². The molecule has 0 bridgehead atoms. The Labute approximate surface area is 248 Å². The maximum atomic E-state index is 14.0. The van der Waals surface area contributed by atoms with E-state index in [0.717, 1.165) is 43.4 Å². The highest BCUT2D eigenvalue weighted by Crippen LogP contribution is 2.49. The number of methoxy groups -OCH3 is 3. The van der Waals surface area contributed by atoms with Crippen LogP contribution in [-0.2, 0) is 14.3 Å². The Balaban J connectivity index is 1.57. The van der Waals surface area contributed by atoms with Gasteiger partial charge in [0.2, 0.25) is 0 Å². The number of nitrogens with one attached hydrogen (secondary N) is 1. The number of hydrogen-bond donors (Lipinski definition) is 2. The summed E-state index contributed by atoms with van der Waals surface area (Å²) in [6.45, 7) is 1.85. The van der Waals surface area contributed by atoms with Crippen LogP contribution in [0, 0.1) is 0 Å². The predicted molar refractivity (Wildman–Crippen MR) is 157 cm³/mol. The van der Waals surface area contributed by atoms with E-state index in [1.54, 1.807) is 26.4 Å². The van der Waals surface area contributed by atoms with Crippen LogP contribution in [-0.4, -0.2) is 44.3 Å². The lowest BCUT2D eigenvalue weighted by Gasteiger charge is -2.37. The fraction of sp³-hybridized carbons (Fsp3) is 0.438. The van der Waals surface area contributed by atoms with Crippen molar-refractivity contribution in [3.8, 4) is 23.0 Å². The van der Waals surface area contributed by atoms with Crippen molar-refractivity contribution in [2.24, 2.45) is 0 Å². The molecule has 0 saturated heterocycles. The summed E-state index contributed by atoms with van der Waals surface area (Å²) in [5.41, 5.74) is 4.02. The summed E-state index contributed by atoms with van der Waals surface area (Å²) in [5.74, 6) is 0.205. The Hall–Kier alpha value is -3.46. The molecular weight excluding hydrogens is 590 g/mol. The van der Waals surface area contributed by atoms with Crippen LogP contribution in [0.3, 0.4) is 0 Å². The number of phenolic OH excluding ortho intramolecular Hbond substituents is 1. The minimum absolute atomic E-state index is 0.0464. The van der Waals surface area contributed by atoms with Crippen molar-refractivity contribution in [3.05, 3.63) is 68.5 Å². The number of rotatable bonds is 7. The molecule has 2 atom stereocenters. The number of phenols is 1. The molecule has 0 unspecified atom stereocenters. The van der Waals surface area contributed by atoms with E-state index in [-0.39, 0.29) is 35.7 Å². The first-order valence-electron chi connectivity index (χ1n) is 14.0. The molecule has 1 heterocycles. The number of carbonyl (C=O) groups excluding carboxylic acids is 2. The highest BCUT2D eigenvalue weighted by molar-refractivity contribution is 9.10. The maximum Gasteiger partial charge on any atom is 0.337 e. The zero-order chi connectivity index (χ0) is 29.3. The molecular formula is C32H36BrNO7. The Morgan fingerprint density at radius 3 is 2.29 bits per heavy atom. The van der Waals surface area contributed by atoms with Crippen LogP contribution >= 0.6 is 15.9 Å². The lowest BCUT2D eigenvalue weighted by atomic mass is 9.71. The van der Waals surface area contributed by atoms with Gasteiger partial charge in [-0.3, -0.25) is 4.79 Å².